The van der Waals surface area contributed by atoms with Gasteiger partial charge < -0.3 is 19.7 Å². The van der Waals surface area contributed by atoms with Gasteiger partial charge in [0.1, 0.15) is 6.10 Å². The van der Waals surface area contributed by atoms with Crippen LogP contribution in [-0.4, -0.2) is 53.5 Å². The number of rotatable bonds is 4. The van der Waals surface area contributed by atoms with Crippen LogP contribution in [0.1, 0.15) is 30.4 Å². The maximum absolute atomic E-state index is 10.9. The number of aliphatic hydroxyl groups is 1. The summed E-state index contributed by atoms with van der Waals surface area (Å²) in [4.78, 5) is 13.1. The number of ether oxygens (including phenoxy) is 2. The van der Waals surface area contributed by atoms with Crippen LogP contribution < -0.4 is 9.47 Å². The molecule has 25 heavy (non-hydrogen) atoms. The molecule has 0 unspecified atom stereocenters. The van der Waals surface area contributed by atoms with Crippen molar-refractivity contribution < 1.29 is 24.5 Å². The Morgan fingerprint density at radius 2 is 2.32 bits per heavy atom. The van der Waals surface area contributed by atoms with E-state index in [2.05, 4.69) is 17.0 Å². The maximum atomic E-state index is 10.9. The Kier molecular flexibility index (Phi) is 3.96. The van der Waals surface area contributed by atoms with Gasteiger partial charge in [-0.25, -0.2) is 0 Å². The Hall–Kier alpha value is -2.05. The van der Waals surface area contributed by atoms with E-state index in [-0.39, 0.29) is 17.9 Å². The highest BCUT2D eigenvalue weighted by molar-refractivity contribution is 5.67. The number of carboxylic acids is 1. The van der Waals surface area contributed by atoms with E-state index >= 15 is 0 Å². The van der Waals surface area contributed by atoms with Crippen molar-refractivity contribution in [1.82, 2.24) is 4.90 Å². The molecule has 0 saturated carbocycles. The number of benzene rings is 1. The lowest BCUT2D eigenvalue weighted by Gasteiger charge is -2.35. The molecule has 4 rings (SSSR count). The van der Waals surface area contributed by atoms with E-state index in [4.69, 9.17) is 14.6 Å². The summed E-state index contributed by atoms with van der Waals surface area (Å²) in [5.74, 6) is 0.724. The highest BCUT2D eigenvalue weighted by Crippen LogP contribution is 2.55. The van der Waals surface area contributed by atoms with Crippen LogP contribution in [0.4, 0.5) is 0 Å². The monoisotopic (exact) mass is 345 g/mol. The lowest BCUT2D eigenvalue weighted by Crippen LogP contribution is -2.43. The summed E-state index contributed by atoms with van der Waals surface area (Å²) in [6.45, 7) is 2.03. The molecular weight excluding hydrogens is 322 g/mol. The van der Waals surface area contributed by atoms with Gasteiger partial charge in [-0.3, -0.25) is 9.69 Å². The van der Waals surface area contributed by atoms with Gasteiger partial charge in [0, 0.05) is 25.1 Å². The van der Waals surface area contributed by atoms with Gasteiger partial charge >= 0.3 is 5.97 Å². The molecular formula is C19H23NO5. The van der Waals surface area contributed by atoms with Gasteiger partial charge in [-0.2, -0.15) is 0 Å². The van der Waals surface area contributed by atoms with Crippen LogP contribution >= 0.6 is 0 Å². The largest absolute Gasteiger partial charge is 0.493 e. The molecule has 1 spiro atoms. The summed E-state index contributed by atoms with van der Waals surface area (Å²) in [6, 6.07) is 3.98. The van der Waals surface area contributed by atoms with Gasteiger partial charge in [0.15, 0.2) is 11.5 Å². The molecule has 0 radical (unpaired) electrons. The van der Waals surface area contributed by atoms with E-state index in [9.17, 15) is 9.90 Å². The summed E-state index contributed by atoms with van der Waals surface area (Å²) in [5, 5.41) is 19.1. The number of carboxylic acid groups (broad SMARTS) is 1. The predicted molar refractivity (Wildman–Crippen MR) is 91.0 cm³/mol. The molecule has 0 saturated heterocycles. The number of aliphatic carboxylic acids is 1. The third kappa shape index (κ3) is 2.60. The molecule has 3 aliphatic rings. The van der Waals surface area contributed by atoms with Crippen molar-refractivity contribution in [2.45, 2.75) is 43.4 Å². The summed E-state index contributed by atoms with van der Waals surface area (Å²) < 4.78 is 11.8. The van der Waals surface area contributed by atoms with Gasteiger partial charge in [-0.1, -0.05) is 18.2 Å². The first-order valence-corrected chi connectivity index (χ1v) is 8.72. The van der Waals surface area contributed by atoms with Gasteiger partial charge in [0.2, 0.25) is 0 Å². The molecule has 134 valence electrons. The van der Waals surface area contributed by atoms with Crippen molar-refractivity contribution in [3.05, 3.63) is 35.4 Å². The van der Waals surface area contributed by atoms with Crippen LogP contribution in [0, 0.1) is 0 Å². The Morgan fingerprint density at radius 3 is 3.08 bits per heavy atom. The van der Waals surface area contributed by atoms with Crippen LogP contribution in [0.5, 0.6) is 11.5 Å². The SMILES string of the molecule is COc1ccc2c3c1O[C@H]1C[C@@H](O)C=C[C@@]31CCN(CCC(=O)O)C2. The smallest absolute Gasteiger partial charge is 0.304 e. The number of hydrogen-bond donors (Lipinski definition) is 2. The lowest BCUT2D eigenvalue weighted by molar-refractivity contribution is -0.137. The Bertz CT molecular complexity index is 731. The van der Waals surface area contributed by atoms with Crippen molar-refractivity contribution in [1.29, 1.82) is 0 Å². The Balaban J connectivity index is 1.77. The summed E-state index contributed by atoms with van der Waals surface area (Å²) in [7, 11) is 1.64. The number of methoxy groups -OCH3 is 1. The second-order valence-electron chi connectivity index (χ2n) is 7.11. The normalized spacial score (nSPS) is 30.2. The first-order valence-electron chi connectivity index (χ1n) is 8.72. The Morgan fingerprint density at radius 1 is 1.48 bits per heavy atom. The molecule has 1 aromatic carbocycles. The molecule has 6 heteroatoms. The van der Waals surface area contributed by atoms with Crippen LogP contribution in [0.2, 0.25) is 0 Å². The number of hydrogen-bond acceptors (Lipinski definition) is 5. The number of aliphatic hydroxyl groups excluding tert-OH is 1. The maximum Gasteiger partial charge on any atom is 0.304 e. The highest BCUT2D eigenvalue weighted by Gasteiger charge is 2.52. The van der Waals surface area contributed by atoms with Crippen molar-refractivity contribution in [2.24, 2.45) is 0 Å². The second kappa shape index (κ2) is 6.04. The fourth-order valence-corrected chi connectivity index (χ4v) is 4.44. The summed E-state index contributed by atoms with van der Waals surface area (Å²) >= 11 is 0. The number of nitrogens with zero attached hydrogens (tertiary/aromatic N) is 1. The van der Waals surface area contributed by atoms with Crippen LogP contribution in [0.3, 0.4) is 0 Å². The fourth-order valence-electron chi connectivity index (χ4n) is 4.44. The molecule has 3 atom stereocenters. The predicted octanol–water partition coefficient (Wildman–Crippen LogP) is 1.70. The first-order chi connectivity index (χ1) is 12.0. The summed E-state index contributed by atoms with van der Waals surface area (Å²) in [5.41, 5.74) is 2.04. The zero-order valence-corrected chi connectivity index (χ0v) is 14.3. The minimum absolute atomic E-state index is 0.114. The second-order valence-corrected chi connectivity index (χ2v) is 7.11. The van der Waals surface area contributed by atoms with Crippen molar-refractivity contribution >= 4 is 5.97 Å². The van der Waals surface area contributed by atoms with Gasteiger partial charge in [0.05, 0.1) is 25.0 Å². The van der Waals surface area contributed by atoms with Crippen molar-refractivity contribution in [3.63, 3.8) is 0 Å². The zero-order valence-electron chi connectivity index (χ0n) is 14.3. The average Bonchev–Trinajstić information content (AvgIpc) is 2.82. The third-order valence-corrected chi connectivity index (χ3v) is 5.68. The van der Waals surface area contributed by atoms with E-state index < -0.39 is 12.1 Å². The van der Waals surface area contributed by atoms with Gasteiger partial charge in [0.25, 0.3) is 0 Å². The highest BCUT2D eigenvalue weighted by atomic mass is 16.5. The molecule has 1 aromatic rings. The average molecular weight is 345 g/mol. The molecule has 2 N–H and O–H groups in total. The molecule has 0 aromatic heterocycles. The van der Waals surface area contributed by atoms with Crippen LogP contribution in [0.25, 0.3) is 0 Å². The molecule has 0 fully saturated rings. The van der Waals surface area contributed by atoms with E-state index in [1.165, 1.54) is 0 Å². The van der Waals surface area contributed by atoms with E-state index in [0.717, 1.165) is 35.6 Å². The zero-order chi connectivity index (χ0) is 17.6. The molecule has 0 bridgehead atoms. The van der Waals surface area contributed by atoms with Crippen molar-refractivity contribution in [2.75, 3.05) is 20.2 Å². The minimum atomic E-state index is -0.774. The quantitative estimate of drug-likeness (QED) is 0.809. The molecule has 6 nitrogen and oxygen atoms in total. The van der Waals surface area contributed by atoms with E-state index in [1.807, 2.05) is 12.1 Å². The van der Waals surface area contributed by atoms with Gasteiger partial charge in [-0.15, -0.1) is 0 Å². The van der Waals surface area contributed by atoms with Crippen LogP contribution in [0.15, 0.2) is 24.3 Å². The first kappa shape index (κ1) is 16.4. The molecule has 2 heterocycles. The molecule has 2 aliphatic heterocycles. The van der Waals surface area contributed by atoms with E-state index in [0.29, 0.717) is 19.5 Å². The van der Waals surface area contributed by atoms with Crippen LogP contribution in [-0.2, 0) is 16.8 Å². The molecule has 0 amide bonds. The minimum Gasteiger partial charge on any atom is -0.493 e. The standard InChI is InChI=1S/C19H23NO5/c1-24-14-3-2-12-11-20(8-5-16(22)23)9-7-19-6-4-13(21)10-15(19)25-18(14)17(12)19/h2-4,6,13,15,21H,5,7-11H2,1H3,(H,22,23)/t13-,15-,19-/m0/s1. The van der Waals surface area contributed by atoms with Crippen molar-refractivity contribution in [3.8, 4) is 11.5 Å². The number of carbonyl (C=O) groups is 1. The Labute approximate surface area is 146 Å². The summed E-state index contributed by atoms with van der Waals surface area (Å²) in [6.07, 6.45) is 4.89. The topological polar surface area (TPSA) is 79.2 Å². The lowest BCUT2D eigenvalue weighted by atomic mass is 9.69. The molecule has 1 aliphatic carbocycles. The van der Waals surface area contributed by atoms with E-state index in [1.54, 1.807) is 7.11 Å². The van der Waals surface area contributed by atoms with Gasteiger partial charge in [-0.05, 0) is 24.6 Å². The fraction of sp³-hybridized carbons (Fsp3) is 0.526. The third-order valence-electron chi connectivity index (χ3n) is 5.68.